The zero-order valence-corrected chi connectivity index (χ0v) is 19.2. The van der Waals surface area contributed by atoms with Crippen LogP contribution in [-0.2, 0) is 11.3 Å². The molecular weight excluding hydrogens is 441 g/mol. The maximum Gasteiger partial charge on any atom is 0.191 e. The number of aliphatic imine (C=N–C) groups is 1. The van der Waals surface area contributed by atoms with Gasteiger partial charge in [0.05, 0.1) is 6.54 Å². The largest absolute Gasteiger partial charge is 0.385 e. The molecule has 150 valence electrons. The van der Waals surface area contributed by atoms with Crippen LogP contribution in [0.25, 0.3) is 0 Å². The van der Waals surface area contributed by atoms with Crippen molar-refractivity contribution in [3.05, 3.63) is 29.8 Å². The lowest BCUT2D eigenvalue weighted by atomic mass is 10.2. The van der Waals surface area contributed by atoms with Crippen LogP contribution in [0.2, 0.25) is 0 Å². The Balaban J connectivity index is 0.00000625. The number of hydrogen-bond donors (Lipinski definition) is 2. The highest BCUT2D eigenvalue weighted by atomic mass is 127. The Bertz CT molecular complexity index is 493. The summed E-state index contributed by atoms with van der Waals surface area (Å²) in [4.78, 5) is 9.07. The molecule has 0 amide bonds. The number of anilines is 1. The van der Waals surface area contributed by atoms with E-state index >= 15 is 0 Å². The van der Waals surface area contributed by atoms with E-state index in [4.69, 9.17) is 4.74 Å². The van der Waals surface area contributed by atoms with E-state index in [2.05, 4.69) is 63.7 Å². The van der Waals surface area contributed by atoms with Crippen LogP contribution in [0.5, 0.6) is 0 Å². The first kappa shape index (κ1) is 24.9. The van der Waals surface area contributed by atoms with Gasteiger partial charge in [-0.05, 0) is 38.1 Å². The molecular formula is C19H36IN5O. The van der Waals surface area contributed by atoms with Crippen LogP contribution in [0.3, 0.4) is 0 Å². The monoisotopic (exact) mass is 477 g/mol. The van der Waals surface area contributed by atoms with Gasteiger partial charge in [0.25, 0.3) is 0 Å². The smallest absolute Gasteiger partial charge is 0.191 e. The van der Waals surface area contributed by atoms with Crippen molar-refractivity contribution in [2.75, 3.05) is 65.9 Å². The number of likely N-dealkylation sites (N-methyl/N-ethyl adjacent to an activating group) is 1. The van der Waals surface area contributed by atoms with Gasteiger partial charge in [0.2, 0.25) is 0 Å². The normalized spacial score (nSPS) is 11.2. The Kier molecular flexibility index (Phi) is 14.4. The van der Waals surface area contributed by atoms with E-state index in [1.54, 1.807) is 7.11 Å². The lowest BCUT2D eigenvalue weighted by Gasteiger charge is -2.18. The second-order valence-corrected chi connectivity index (χ2v) is 6.33. The third-order valence-electron chi connectivity index (χ3n) is 3.89. The summed E-state index contributed by atoms with van der Waals surface area (Å²) in [6.45, 7) is 7.32. The minimum absolute atomic E-state index is 0. The minimum atomic E-state index is 0. The number of halogens is 1. The molecule has 1 aromatic rings. The van der Waals surface area contributed by atoms with Crippen LogP contribution in [0.4, 0.5) is 5.69 Å². The van der Waals surface area contributed by atoms with Crippen LogP contribution >= 0.6 is 24.0 Å². The molecule has 0 saturated carbocycles. The number of guanidine groups is 1. The van der Waals surface area contributed by atoms with E-state index in [-0.39, 0.29) is 24.0 Å². The van der Waals surface area contributed by atoms with E-state index in [0.717, 1.165) is 45.2 Å². The van der Waals surface area contributed by atoms with Crippen LogP contribution in [0.15, 0.2) is 29.3 Å². The van der Waals surface area contributed by atoms with E-state index in [1.807, 2.05) is 14.1 Å². The van der Waals surface area contributed by atoms with Gasteiger partial charge in [-0.25, -0.2) is 4.99 Å². The molecule has 7 heteroatoms. The van der Waals surface area contributed by atoms with Gasteiger partial charge in [-0.1, -0.05) is 12.1 Å². The summed E-state index contributed by atoms with van der Waals surface area (Å²) in [5.41, 5.74) is 2.41. The van der Waals surface area contributed by atoms with Crippen molar-refractivity contribution >= 4 is 35.6 Å². The third kappa shape index (κ3) is 10.8. The summed E-state index contributed by atoms with van der Waals surface area (Å²) < 4.78 is 5.09. The van der Waals surface area contributed by atoms with Crippen LogP contribution in [0, 0.1) is 0 Å². The molecule has 0 fully saturated rings. The molecule has 6 nitrogen and oxygen atoms in total. The quantitative estimate of drug-likeness (QED) is 0.222. The fourth-order valence-electron chi connectivity index (χ4n) is 2.37. The molecule has 0 unspecified atom stereocenters. The molecule has 1 aromatic carbocycles. The summed E-state index contributed by atoms with van der Waals surface area (Å²) in [5, 5.41) is 6.70. The van der Waals surface area contributed by atoms with Crippen molar-refractivity contribution < 1.29 is 4.74 Å². The first-order chi connectivity index (χ1) is 12.1. The molecule has 0 aliphatic rings. The third-order valence-corrected chi connectivity index (χ3v) is 3.89. The number of ether oxygens (including phenoxy) is 1. The number of nitrogens with zero attached hydrogens (tertiary/aromatic N) is 3. The zero-order chi connectivity index (χ0) is 18.5. The van der Waals surface area contributed by atoms with Gasteiger partial charge >= 0.3 is 0 Å². The van der Waals surface area contributed by atoms with Gasteiger partial charge in [0.1, 0.15) is 0 Å². The molecule has 26 heavy (non-hydrogen) atoms. The van der Waals surface area contributed by atoms with Gasteiger partial charge < -0.3 is 25.2 Å². The standard InChI is InChI=1S/C19H35N5O.HI/c1-6-20-19(21-12-14-24(4)13-7-15-25-5)22-16-17-8-10-18(11-9-17)23(2)3;/h8-11H,6-7,12-16H2,1-5H3,(H2,20,21,22);1H. The van der Waals surface area contributed by atoms with Gasteiger partial charge in [0.15, 0.2) is 5.96 Å². The number of benzene rings is 1. The molecule has 0 spiro atoms. The van der Waals surface area contributed by atoms with Crippen molar-refractivity contribution in [2.24, 2.45) is 4.99 Å². The van der Waals surface area contributed by atoms with E-state index in [1.165, 1.54) is 11.3 Å². The molecule has 0 atom stereocenters. The summed E-state index contributed by atoms with van der Waals surface area (Å²) in [6, 6.07) is 8.51. The van der Waals surface area contributed by atoms with Crippen LogP contribution < -0.4 is 15.5 Å². The van der Waals surface area contributed by atoms with Gasteiger partial charge in [-0.2, -0.15) is 0 Å². The second kappa shape index (κ2) is 15.0. The lowest BCUT2D eigenvalue weighted by molar-refractivity contribution is 0.180. The van der Waals surface area contributed by atoms with Gasteiger partial charge in [-0.15, -0.1) is 24.0 Å². The first-order valence-corrected chi connectivity index (χ1v) is 9.02. The lowest BCUT2D eigenvalue weighted by Crippen LogP contribution is -2.41. The predicted octanol–water partition coefficient (Wildman–Crippen LogP) is 2.39. The Morgan fingerprint density at radius 2 is 1.77 bits per heavy atom. The first-order valence-electron chi connectivity index (χ1n) is 9.02. The minimum Gasteiger partial charge on any atom is -0.385 e. The van der Waals surface area contributed by atoms with E-state index < -0.39 is 0 Å². The maximum atomic E-state index is 5.09. The number of nitrogens with one attached hydrogen (secondary N) is 2. The van der Waals surface area contributed by atoms with Crippen molar-refractivity contribution in [3.63, 3.8) is 0 Å². The fourth-order valence-corrected chi connectivity index (χ4v) is 2.37. The molecule has 0 aliphatic carbocycles. The van der Waals surface area contributed by atoms with Crippen molar-refractivity contribution in [1.29, 1.82) is 0 Å². The Hall–Kier alpha value is -1.06. The van der Waals surface area contributed by atoms with Crippen molar-refractivity contribution in [1.82, 2.24) is 15.5 Å². The molecule has 0 heterocycles. The average Bonchev–Trinajstić information content (AvgIpc) is 2.60. The highest BCUT2D eigenvalue weighted by Gasteiger charge is 2.01. The number of methoxy groups -OCH3 is 1. The fraction of sp³-hybridized carbons (Fsp3) is 0.632. The Labute approximate surface area is 176 Å². The summed E-state index contributed by atoms with van der Waals surface area (Å²) in [7, 11) is 7.97. The molecule has 0 saturated heterocycles. The Morgan fingerprint density at radius 3 is 2.35 bits per heavy atom. The predicted molar refractivity (Wildman–Crippen MR) is 123 cm³/mol. The molecule has 1 rings (SSSR count). The highest BCUT2D eigenvalue weighted by molar-refractivity contribution is 14.0. The molecule has 0 bridgehead atoms. The maximum absolute atomic E-state index is 5.09. The molecule has 0 radical (unpaired) electrons. The van der Waals surface area contributed by atoms with Gasteiger partial charge in [0, 0.05) is 59.7 Å². The second-order valence-electron chi connectivity index (χ2n) is 6.33. The molecule has 0 aliphatic heterocycles. The summed E-state index contributed by atoms with van der Waals surface area (Å²) in [5.74, 6) is 0.865. The van der Waals surface area contributed by atoms with E-state index in [9.17, 15) is 0 Å². The molecule has 2 N–H and O–H groups in total. The number of hydrogen-bond acceptors (Lipinski definition) is 4. The van der Waals surface area contributed by atoms with E-state index in [0.29, 0.717) is 6.54 Å². The zero-order valence-electron chi connectivity index (χ0n) is 16.9. The van der Waals surface area contributed by atoms with Crippen molar-refractivity contribution in [2.45, 2.75) is 19.9 Å². The Morgan fingerprint density at radius 1 is 1.08 bits per heavy atom. The molecule has 0 aromatic heterocycles. The summed E-state index contributed by atoms with van der Waals surface area (Å²) >= 11 is 0. The van der Waals surface area contributed by atoms with Crippen LogP contribution in [0.1, 0.15) is 18.9 Å². The summed E-state index contributed by atoms with van der Waals surface area (Å²) in [6.07, 6.45) is 1.06. The number of rotatable bonds is 11. The topological polar surface area (TPSA) is 52.1 Å². The van der Waals surface area contributed by atoms with Gasteiger partial charge in [-0.3, -0.25) is 0 Å². The SMILES string of the molecule is CCNC(=NCc1ccc(N(C)C)cc1)NCCN(C)CCCOC.I. The average molecular weight is 477 g/mol. The highest BCUT2D eigenvalue weighted by Crippen LogP contribution is 2.12. The van der Waals surface area contributed by atoms with Crippen molar-refractivity contribution in [3.8, 4) is 0 Å². The van der Waals surface area contributed by atoms with Crippen LogP contribution in [-0.4, -0.2) is 71.9 Å².